The molecule has 1 aromatic carbocycles. The van der Waals surface area contributed by atoms with Crippen LogP contribution in [0.5, 0.6) is 0 Å². The van der Waals surface area contributed by atoms with E-state index in [4.69, 9.17) is 0 Å². The van der Waals surface area contributed by atoms with Crippen LogP contribution in [-0.2, 0) is 0 Å². The molecule has 96 valence electrons. The second-order valence-corrected chi connectivity index (χ2v) is 5.71. The Morgan fingerprint density at radius 1 is 1.39 bits per heavy atom. The van der Waals surface area contributed by atoms with Gasteiger partial charge in [-0.25, -0.2) is 4.98 Å². The second-order valence-electron chi connectivity index (χ2n) is 5.71. The van der Waals surface area contributed by atoms with Gasteiger partial charge in [-0.05, 0) is 36.5 Å². The van der Waals surface area contributed by atoms with Crippen LogP contribution in [0.2, 0.25) is 0 Å². The highest BCUT2D eigenvalue weighted by atomic mass is 16.3. The smallest absolute Gasteiger partial charge is 0.110 e. The quantitative estimate of drug-likeness (QED) is 0.867. The number of benzene rings is 1. The zero-order valence-corrected chi connectivity index (χ0v) is 11.0. The van der Waals surface area contributed by atoms with Gasteiger partial charge in [0.15, 0.2) is 0 Å². The monoisotopic (exact) mass is 244 g/mol. The molecule has 1 heterocycles. The SMILES string of the molecule is CC(C)C(CO)c1ccc2nc(C3CC3)[nH]c2c1. The average Bonchev–Trinajstić information content (AvgIpc) is 3.10. The Morgan fingerprint density at radius 2 is 2.17 bits per heavy atom. The summed E-state index contributed by atoms with van der Waals surface area (Å²) >= 11 is 0. The molecule has 0 spiro atoms. The van der Waals surface area contributed by atoms with Crippen LogP contribution in [-0.4, -0.2) is 21.7 Å². The van der Waals surface area contributed by atoms with Crippen molar-refractivity contribution in [3.8, 4) is 0 Å². The minimum Gasteiger partial charge on any atom is -0.396 e. The zero-order valence-electron chi connectivity index (χ0n) is 11.0. The molecular weight excluding hydrogens is 224 g/mol. The number of hydrogen-bond donors (Lipinski definition) is 2. The van der Waals surface area contributed by atoms with E-state index < -0.39 is 0 Å². The molecule has 1 aromatic heterocycles. The van der Waals surface area contributed by atoms with Crippen molar-refractivity contribution in [1.82, 2.24) is 9.97 Å². The molecule has 0 bridgehead atoms. The number of hydrogen-bond acceptors (Lipinski definition) is 2. The molecule has 3 heteroatoms. The maximum Gasteiger partial charge on any atom is 0.110 e. The van der Waals surface area contributed by atoms with E-state index in [9.17, 15) is 5.11 Å². The van der Waals surface area contributed by atoms with Crippen LogP contribution < -0.4 is 0 Å². The first-order valence-electron chi connectivity index (χ1n) is 6.79. The van der Waals surface area contributed by atoms with E-state index in [1.165, 1.54) is 18.4 Å². The summed E-state index contributed by atoms with van der Waals surface area (Å²) < 4.78 is 0. The number of H-pyrrole nitrogens is 1. The lowest BCUT2D eigenvalue weighted by Crippen LogP contribution is -2.10. The normalized spacial score (nSPS) is 17.6. The van der Waals surface area contributed by atoms with Gasteiger partial charge in [-0.15, -0.1) is 0 Å². The highest BCUT2D eigenvalue weighted by molar-refractivity contribution is 5.76. The molecule has 1 aliphatic rings. The van der Waals surface area contributed by atoms with Crippen molar-refractivity contribution in [2.45, 2.75) is 38.5 Å². The number of aromatic nitrogens is 2. The number of nitrogens with one attached hydrogen (secondary N) is 1. The van der Waals surface area contributed by atoms with Crippen LogP contribution in [0.1, 0.15) is 49.9 Å². The van der Waals surface area contributed by atoms with Gasteiger partial charge in [0.05, 0.1) is 17.6 Å². The highest BCUT2D eigenvalue weighted by Gasteiger charge is 2.27. The van der Waals surface area contributed by atoms with Gasteiger partial charge >= 0.3 is 0 Å². The van der Waals surface area contributed by atoms with Gasteiger partial charge in [-0.2, -0.15) is 0 Å². The third-order valence-electron chi connectivity index (χ3n) is 3.92. The Kier molecular flexibility index (Phi) is 2.86. The minimum atomic E-state index is 0.201. The lowest BCUT2D eigenvalue weighted by atomic mass is 9.89. The fourth-order valence-corrected chi connectivity index (χ4v) is 2.53. The predicted octanol–water partition coefficient (Wildman–Crippen LogP) is 3.17. The molecule has 0 aliphatic heterocycles. The lowest BCUT2D eigenvalue weighted by molar-refractivity contribution is 0.237. The second kappa shape index (κ2) is 4.39. The highest BCUT2D eigenvalue weighted by Crippen LogP contribution is 2.39. The standard InChI is InChI=1S/C15H20N2O/c1-9(2)12(8-18)11-5-6-13-14(7-11)17-15(16-13)10-3-4-10/h5-7,9-10,12,18H,3-4,8H2,1-2H3,(H,16,17). The maximum absolute atomic E-state index is 9.50. The van der Waals surface area contributed by atoms with Crippen LogP contribution in [0.25, 0.3) is 11.0 Å². The van der Waals surface area contributed by atoms with E-state index >= 15 is 0 Å². The Balaban J connectivity index is 1.98. The number of aliphatic hydroxyl groups excluding tert-OH is 1. The Hall–Kier alpha value is -1.35. The van der Waals surface area contributed by atoms with Gasteiger partial charge < -0.3 is 10.1 Å². The summed E-state index contributed by atoms with van der Waals surface area (Å²) in [6.45, 7) is 4.49. The molecule has 3 rings (SSSR count). The van der Waals surface area contributed by atoms with Crippen molar-refractivity contribution in [3.63, 3.8) is 0 Å². The van der Waals surface area contributed by atoms with Crippen molar-refractivity contribution >= 4 is 11.0 Å². The number of rotatable bonds is 4. The van der Waals surface area contributed by atoms with E-state index in [1.54, 1.807) is 0 Å². The van der Waals surface area contributed by atoms with Crippen molar-refractivity contribution in [2.75, 3.05) is 6.61 Å². The molecule has 0 amide bonds. The molecule has 1 saturated carbocycles. The number of imidazole rings is 1. The summed E-state index contributed by atoms with van der Waals surface area (Å²) in [7, 11) is 0. The molecule has 1 atom stereocenters. The molecule has 0 saturated heterocycles. The lowest BCUT2D eigenvalue weighted by Gasteiger charge is -2.18. The van der Waals surface area contributed by atoms with Crippen molar-refractivity contribution in [3.05, 3.63) is 29.6 Å². The minimum absolute atomic E-state index is 0.201. The van der Waals surface area contributed by atoms with E-state index in [0.29, 0.717) is 11.8 Å². The number of aromatic amines is 1. The first kappa shape index (κ1) is 11.7. The molecule has 1 fully saturated rings. The summed E-state index contributed by atoms with van der Waals surface area (Å²) in [5.74, 6) is 2.44. The topological polar surface area (TPSA) is 48.9 Å². The number of aliphatic hydroxyl groups is 1. The van der Waals surface area contributed by atoms with Crippen LogP contribution in [0.4, 0.5) is 0 Å². The third kappa shape index (κ3) is 2.03. The Bertz CT molecular complexity index is 555. The number of nitrogens with zero attached hydrogens (tertiary/aromatic N) is 1. The molecule has 3 nitrogen and oxygen atoms in total. The van der Waals surface area contributed by atoms with Crippen LogP contribution in [0.3, 0.4) is 0 Å². The average molecular weight is 244 g/mol. The fourth-order valence-electron chi connectivity index (χ4n) is 2.53. The summed E-state index contributed by atoms with van der Waals surface area (Å²) in [6.07, 6.45) is 2.52. The van der Waals surface area contributed by atoms with Crippen LogP contribution in [0.15, 0.2) is 18.2 Å². The van der Waals surface area contributed by atoms with Crippen LogP contribution in [0, 0.1) is 5.92 Å². The predicted molar refractivity (Wildman–Crippen MR) is 72.7 cm³/mol. The zero-order chi connectivity index (χ0) is 12.7. The van der Waals surface area contributed by atoms with Gasteiger partial charge in [0.25, 0.3) is 0 Å². The van der Waals surface area contributed by atoms with Gasteiger partial charge in [-0.3, -0.25) is 0 Å². The van der Waals surface area contributed by atoms with E-state index in [1.807, 2.05) is 0 Å². The third-order valence-corrected chi connectivity index (χ3v) is 3.92. The summed E-state index contributed by atoms with van der Waals surface area (Å²) in [5.41, 5.74) is 3.35. The van der Waals surface area contributed by atoms with Gasteiger partial charge in [0.2, 0.25) is 0 Å². The van der Waals surface area contributed by atoms with Gasteiger partial charge in [-0.1, -0.05) is 19.9 Å². The van der Waals surface area contributed by atoms with Crippen LogP contribution >= 0.6 is 0 Å². The molecule has 18 heavy (non-hydrogen) atoms. The Morgan fingerprint density at radius 3 is 2.78 bits per heavy atom. The molecule has 2 aromatic rings. The summed E-state index contributed by atoms with van der Waals surface area (Å²) in [6, 6.07) is 6.31. The summed E-state index contributed by atoms with van der Waals surface area (Å²) in [5, 5.41) is 9.50. The first-order valence-corrected chi connectivity index (χ1v) is 6.79. The van der Waals surface area contributed by atoms with Gasteiger partial charge in [0.1, 0.15) is 5.82 Å². The van der Waals surface area contributed by atoms with Gasteiger partial charge in [0, 0.05) is 11.8 Å². The number of fused-ring (bicyclic) bond motifs is 1. The van der Waals surface area contributed by atoms with E-state index in [-0.39, 0.29) is 12.5 Å². The largest absolute Gasteiger partial charge is 0.396 e. The summed E-state index contributed by atoms with van der Waals surface area (Å²) in [4.78, 5) is 8.05. The maximum atomic E-state index is 9.50. The fraction of sp³-hybridized carbons (Fsp3) is 0.533. The molecule has 0 radical (unpaired) electrons. The molecular formula is C15H20N2O. The van der Waals surface area contributed by atoms with Crippen molar-refractivity contribution < 1.29 is 5.11 Å². The van der Waals surface area contributed by atoms with Crippen molar-refractivity contribution in [2.24, 2.45) is 5.92 Å². The van der Waals surface area contributed by atoms with E-state index in [0.717, 1.165) is 16.9 Å². The Labute approximate surface area is 107 Å². The van der Waals surface area contributed by atoms with E-state index in [2.05, 4.69) is 42.0 Å². The molecule has 1 aliphatic carbocycles. The first-order chi connectivity index (χ1) is 8.69. The van der Waals surface area contributed by atoms with Crippen molar-refractivity contribution in [1.29, 1.82) is 0 Å². The molecule has 1 unspecified atom stereocenters. The molecule has 2 N–H and O–H groups in total.